The Bertz CT molecular complexity index is 702. The van der Waals surface area contributed by atoms with E-state index in [0.29, 0.717) is 25.7 Å². The van der Waals surface area contributed by atoms with Gasteiger partial charge in [-0.1, -0.05) is 6.92 Å². The van der Waals surface area contributed by atoms with Crippen LogP contribution in [0.25, 0.3) is 0 Å². The third-order valence-corrected chi connectivity index (χ3v) is 4.30. The Hall–Kier alpha value is -2.57. The van der Waals surface area contributed by atoms with Gasteiger partial charge < -0.3 is 14.4 Å². The first-order valence-corrected chi connectivity index (χ1v) is 8.63. The summed E-state index contributed by atoms with van der Waals surface area (Å²) in [6.07, 6.45) is 2.34. The zero-order chi connectivity index (χ0) is 17.8. The van der Waals surface area contributed by atoms with E-state index in [0.717, 1.165) is 36.3 Å². The summed E-state index contributed by atoms with van der Waals surface area (Å²) in [5.74, 6) is 1.19. The van der Waals surface area contributed by atoms with Gasteiger partial charge in [-0.25, -0.2) is 4.99 Å². The molecule has 0 aromatic heterocycles. The van der Waals surface area contributed by atoms with Gasteiger partial charge in [0, 0.05) is 19.0 Å². The Labute approximate surface area is 147 Å². The van der Waals surface area contributed by atoms with Gasteiger partial charge >= 0.3 is 5.97 Å². The van der Waals surface area contributed by atoms with Crippen molar-refractivity contribution in [3.05, 3.63) is 23.8 Å². The normalized spacial score (nSPS) is 18.2. The molecule has 1 unspecified atom stereocenters. The smallest absolute Gasteiger partial charge is 0.302 e. The lowest BCUT2D eigenvalue weighted by atomic mass is 10.1. The fourth-order valence-electron chi connectivity index (χ4n) is 3.03. The number of carbonyl (C=O) groups is 2. The number of amides is 1. The minimum absolute atomic E-state index is 0.0123. The molecule has 1 atom stereocenters. The van der Waals surface area contributed by atoms with Crippen molar-refractivity contribution in [2.45, 2.75) is 45.7 Å². The van der Waals surface area contributed by atoms with E-state index in [1.165, 1.54) is 6.92 Å². The molecule has 7 nitrogen and oxygen atoms in total. The minimum Gasteiger partial charge on any atom is -0.494 e. The maximum absolute atomic E-state index is 12.0. The number of ether oxygens (including phenoxy) is 2. The lowest BCUT2D eigenvalue weighted by Gasteiger charge is -2.27. The van der Waals surface area contributed by atoms with Gasteiger partial charge in [0.15, 0.2) is 0 Å². The number of aliphatic imine (C=N–C) groups is 1. The number of hydrogen-bond acceptors (Lipinski definition) is 6. The third kappa shape index (κ3) is 3.92. The predicted molar refractivity (Wildman–Crippen MR) is 92.7 cm³/mol. The summed E-state index contributed by atoms with van der Waals surface area (Å²) in [7, 11) is 0. The van der Waals surface area contributed by atoms with Crippen LogP contribution >= 0.6 is 0 Å². The van der Waals surface area contributed by atoms with Crippen molar-refractivity contribution >= 4 is 23.5 Å². The quantitative estimate of drug-likeness (QED) is 0.605. The molecule has 0 bridgehead atoms. The van der Waals surface area contributed by atoms with Gasteiger partial charge in [0.2, 0.25) is 11.9 Å². The predicted octanol–water partition coefficient (Wildman–Crippen LogP) is 2.12. The summed E-state index contributed by atoms with van der Waals surface area (Å²) in [6, 6.07) is 5.63. The highest BCUT2D eigenvalue weighted by Gasteiger charge is 2.37. The molecule has 1 saturated heterocycles. The van der Waals surface area contributed by atoms with Crippen LogP contribution in [-0.4, -0.2) is 42.0 Å². The fourth-order valence-corrected chi connectivity index (χ4v) is 3.03. The van der Waals surface area contributed by atoms with Crippen molar-refractivity contribution in [2.75, 3.05) is 13.2 Å². The number of nitrogens with one attached hydrogen (secondary N) is 1. The zero-order valence-electron chi connectivity index (χ0n) is 14.6. The van der Waals surface area contributed by atoms with E-state index in [1.807, 2.05) is 30.0 Å². The highest BCUT2D eigenvalue weighted by atomic mass is 16.5. The molecule has 0 saturated carbocycles. The first-order valence-electron chi connectivity index (χ1n) is 8.63. The number of esters is 1. The topological polar surface area (TPSA) is 80.2 Å². The number of rotatable bonds is 7. The highest BCUT2D eigenvalue weighted by Crippen LogP contribution is 2.32. The van der Waals surface area contributed by atoms with Crippen LogP contribution in [0.3, 0.4) is 0 Å². The molecule has 1 aromatic carbocycles. The van der Waals surface area contributed by atoms with Crippen molar-refractivity contribution in [1.82, 2.24) is 10.2 Å². The molecule has 25 heavy (non-hydrogen) atoms. The maximum Gasteiger partial charge on any atom is 0.302 e. The van der Waals surface area contributed by atoms with Crippen LogP contribution in [0.2, 0.25) is 0 Å². The largest absolute Gasteiger partial charge is 0.494 e. The average molecular weight is 345 g/mol. The molecule has 2 aliphatic rings. The second-order valence-corrected chi connectivity index (χ2v) is 6.16. The summed E-state index contributed by atoms with van der Waals surface area (Å²) < 4.78 is 10.7. The number of carbonyl (C=O) groups excluding carboxylic acids is 2. The number of hydrogen-bond donors (Lipinski definition) is 1. The lowest BCUT2D eigenvalue weighted by molar-refractivity contribution is -0.141. The van der Waals surface area contributed by atoms with Gasteiger partial charge in [0.25, 0.3) is 0 Å². The van der Waals surface area contributed by atoms with Gasteiger partial charge in [-0.15, -0.1) is 0 Å². The maximum atomic E-state index is 12.0. The molecule has 7 heteroatoms. The van der Waals surface area contributed by atoms with Gasteiger partial charge in [-0.3, -0.25) is 14.9 Å². The van der Waals surface area contributed by atoms with Crippen molar-refractivity contribution in [3.63, 3.8) is 0 Å². The van der Waals surface area contributed by atoms with Gasteiger partial charge in [0.1, 0.15) is 11.8 Å². The van der Waals surface area contributed by atoms with Crippen LogP contribution in [0, 0.1) is 0 Å². The molecule has 0 aliphatic carbocycles. The van der Waals surface area contributed by atoms with Crippen molar-refractivity contribution in [3.8, 4) is 5.75 Å². The molecular formula is C18H23N3O4. The standard InChI is InChI=1S/C18H23N3O4/c1-3-16-17(23)20-18-19-15-7-6-14(10-13(15)11-21(16)18)25-9-5-4-8-24-12(2)22/h6-7,10,16H,3-5,8-9,11H2,1-2H3,(H,19,20,23). The van der Waals surface area contributed by atoms with E-state index >= 15 is 0 Å². The summed E-state index contributed by atoms with van der Waals surface area (Å²) in [4.78, 5) is 29.2. The van der Waals surface area contributed by atoms with Crippen LogP contribution in [0.5, 0.6) is 5.75 Å². The molecule has 1 aromatic rings. The third-order valence-electron chi connectivity index (χ3n) is 4.30. The minimum atomic E-state index is -0.254. The van der Waals surface area contributed by atoms with Crippen LogP contribution < -0.4 is 10.1 Å². The molecule has 2 heterocycles. The second kappa shape index (κ2) is 7.55. The Morgan fingerprint density at radius 1 is 1.36 bits per heavy atom. The summed E-state index contributed by atoms with van der Waals surface area (Å²) in [5, 5.41) is 2.84. The van der Waals surface area contributed by atoms with E-state index in [-0.39, 0.29) is 17.9 Å². The van der Waals surface area contributed by atoms with Gasteiger partial charge in [0.05, 0.1) is 18.9 Å². The van der Waals surface area contributed by atoms with E-state index in [2.05, 4.69) is 10.3 Å². The Morgan fingerprint density at radius 3 is 2.92 bits per heavy atom. The number of fused-ring (bicyclic) bond motifs is 2. The molecule has 1 N–H and O–H groups in total. The molecule has 0 radical (unpaired) electrons. The van der Waals surface area contributed by atoms with Crippen LogP contribution in [0.15, 0.2) is 23.2 Å². The number of guanidine groups is 1. The van der Waals surface area contributed by atoms with Crippen molar-refractivity contribution in [1.29, 1.82) is 0 Å². The average Bonchev–Trinajstić information content (AvgIpc) is 2.89. The van der Waals surface area contributed by atoms with Gasteiger partial charge in [-0.2, -0.15) is 0 Å². The van der Waals surface area contributed by atoms with E-state index in [4.69, 9.17) is 9.47 Å². The van der Waals surface area contributed by atoms with Crippen LogP contribution in [0.4, 0.5) is 5.69 Å². The monoisotopic (exact) mass is 345 g/mol. The molecule has 134 valence electrons. The summed E-state index contributed by atoms with van der Waals surface area (Å²) >= 11 is 0. The van der Waals surface area contributed by atoms with E-state index in [1.54, 1.807) is 0 Å². The first kappa shape index (κ1) is 17.3. The first-order chi connectivity index (χ1) is 12.1. The zero-order valence-corrected chi connectivity index (χ0v) is 14.6. The van der Waals surface area contributed by atoms with Crippen LogP contribution in [-0.2, 0) is 20.9 Å². The highest BCUT2D eigenvalue weighted by molar-refractivity contribution is 6.07. The Morgan fingerprint density at radius 2 is 2.16 bits per heavy atom. The van der Waals surface area contributed by atoms with Crippen LogP contribution in [0.1, 0.15) is 38.7 Å². The molecule has 3 rings (SSSR count). The van der Waals surface area contributed by atoms with Gasteiger partial charge in [-0.05, 0) is 37.5 Å². The Kier molecular flexibility index (Phi) is 5.21. The summed E-state index contributed by atoms with van der Waals surface area (Å²) in [6.45, 7) is 5.04. The number of benzene rings is 1. The summed E-state index contributed by atoms with van der Waals surface area (Å²) in [5.41, 5.74) is 1.92. The molecule has 1 fully saturated rings. The number of unbranched alkanes of at least 4 members (excludes halogenated alkanes) is 1. The fraction of sp³-hybridized carbons (Fsp3) is 0.500. The van der Waals surface area contributed by atoms with Crippen molar-refractivity contribution in [2.24, 2.45) is 4.99 Å². The molecule has 0 spiro atoms. The SMILES string of the molecule is CCC1C(=O)NC2=Nc3ccc(OCCCCOC(C)=O)cc3CN21. The Balaban J connectivity index is 1.57. The molecule has 1 amide bonds. The lowest BCUT2D eigenvalue weighted by Crippen LogP contribution is -2.36. The molecule has 2 aliphatic heterocycles. The van der Waals surface area contributed by atoms with E-state index in [9.17, 15) is 9.59 Å². The second-order valence-electron chi connectivity index (χ2n) is 6.16. The van der Waals surface area contributed by atoms with Crippen molar-refractivity contribution < 1.29 is 19.1 Å². The molecular weight excluding hydrogens is 322 g/mol. The van der Waals surface area contributed by atoms with E-state index < -0.39 is 0 Å². The number of nitrogens with zero attached hydrogens (tertiary/aromatic N) is 2.